The van der Waals surface area contributed by atoms with Crippen LogP contribution in [0.25, 0.3) is 0 Å². The van der Waals surface area contributed by atoms with Crippen LogP contribution in [0.3, 0.4) is 0 Å². The maximum absolute atomic E-state index is 3.90. The van der Waals surface area contributed by atoms with E-state index in [1.165, 1.54) is 5.56 Å². The van der Waals surface area contributed by atoms with E-state index in [1.807, 2.05) is 6.08 Å². The average Bonchev–Trinajstić information content (AvgIpc) is 2.36. The summed E-state index contributed by atoms with van der Waals surface area (Å²) in [5, 5.41) is 3.40. The van der Waals surface area contributed by atoms with Gasteiger partial charge in [-0.2, -0.15) is 0 Å². The summed E-state index contributed by atoms with van der Waals surface area (Å²) in [6.45, 7) is 8.24. The van der Waals surface area contributed by atoms with E-state index in [4.69, 9.17) is 0 Å². The predicted molar refractivity (Wildman–Crippen MR) is 98.3 cm³/mol. The number of piperazine rings is 1. The highest BCUT2D eigenvalue weighted by Crippen LogP contribution is 2.30. The summed E-state index contributed by atoms with van der Waals surface area (Å²) in [4.78, 5) is 2.53. The summed E-state index contributed by atoms with van der Waals surface area (Å²) in [5.41, 5.74) is 1.35. The molecule has 1 aromatic carbocycles. The predicted octanol–water partition coefficient (Wildman–Crippen LogP) is 4.58. The normalized spacial score (nSPS) is 16.7. The fourth-order valence-corrected chi connectivity index (χ4v) is 3.74. The van der Waals surface area contributed by atoms with Crippen molar-refractivity contribution >= 4 is 56.7 Å². The van der Waals surface area contributed by atoms with Gasteiger partial charge in [0.1, 0.15) is 0 Å². The molecular weight excluding hydrogens is 427 g/mol. The van der Waals surface area contributed by atoms with E-state index in [0.29, 0.717) is 6.04 Å². The third-order valence-electron chi connectivity index (χ3n) is 3.25. The fraction of sp³-hybridized carbons (Fsp3) is 0.429. The smallest absolute Gasteiger partial charge is 0.0384 e. The second-order valence-corrected chi connectivity index (χ2v) is 6.36. The minimum atomic E-state index is 0. The van der Waals surface area contributed by atoms with Crippen molar-refractivity contribution in [1.29, 1.82) is 0 Å². The Morgan fingerprint density at radius 3 is 2.20 bits per heavy atom. The molecule has 0 radical (unpaired) electrons. The highest BCUT2D eigenvalue weighted by atomic mass is 79.9. The standard InChI is InChI=1S/C14H18Br2N2.2ClH/c1-2-3-14(18-6-4-17-5-7-18)11-8-12(15)10-13(16)9-11;;/h2,8-10,14,17H,1,3-7H2;2*1H/t14-;;/m1../s1. The Bertz CT molecular complexity index is 403. The molecule has 1 aliphatic rings. The van der Waals surface area contributed by atoms with Crippen LogP contribution in [0.2, 0.25) is 0 Å². The molecule has 1 fully saturated rings. The molecule has 1 aromatic rings. The summed E-state index contributed by atoms with van der Waals surface area (Å²) >= 11 is 7.14. The SMILES string of the molecule is C=CC[C@H](c1cc(Br)cc(Br)c1)N1CCNCC1.Cl.Cl. The van der Waals surface area contributed by atoms with Crippen molar-refractivity contribution in [1.82, 2.24) is 10.2 Å². The van der Waals surface area contributed by atoms with Crippen molar-refractivity contribution in [3.63, 3.8) is 0 Å². The molecule has 1 heterocycles. The van der Waals surface area contributed by atoms with Gasteiger partial charge in [-0.15, -0.1) is 31.4 Å². The van der Waals surface area contributed by atoms with E-state index in [-0.39, 0.29) is 24.8 Å². The lowest BCUT2D eigenvalue weighted by Gasteiger charge is -2.35. The van der Waals surface area contributed by atoms with Crippen LogP contribution in [0.5, 0.6) is 0 Å². The average molecular weight is 447 g/mol. The molecule has 0 spiro atoms. The molecule has 20 heavy (non-hydrogen) atoms. The summed E-state index contributed by atoms with van der Waals surface area (Å²) < 4.78 is 2.24. The number of nitrogens with zero attached hydrogens (tertiary/aromatic N) is 1. The van der Waals surface area contributed by atoms with Crippen LogP contribution in [0.4, 0.5) is 0 Å². The van der Waals surface area contributed by atoms with Crippen molar-refractivity contribution in [3.05, 3.63) is 45.4 Å². The lowest BCUT2D eigenvalue weighted by atomic mass is 10.0. The molecule has 0 saturated carbocycles. The van der Waals surface area contributed by atoms with Gasteiger partial charge in [-0.1, -0.05) is 37.9 Å². The number of nitrogens with one attached hydrogen (secondary N) is 1. The molecule has 1 saturated heterocycles. The van der Waals surface area contributed by atoms with Crippen LogP contribution in [0, 0.1) is 0 Å². The van der Waals surface area contributed by atoms with Crippen LogP contribution >= 0.6 is 56.7 Å². The van der Waals surface area contributed by atoms with Gasteiger partial charge in [0.2, 0.25) is 0 Å². The van der Waals surface area contributed by atoms with Gasteiger partial charge >= 0.3 is 0 Å². The Morgan fingerprint density at radius 1 is 1.15 bits per heavy atom. The second kappa shape index (κ2) is 10.2. The Hall–Kier alpha value is 0.420. The third-order valence-corrected chi connectivity index (χ3v) is 4.17. The third kappa shape index (κ3) is 5.66. The number of rotatable bonds is 4. The Balaban J connectivity index is 0.00000180. The number of halogens is 4. The molecule has 2 rings (SSSR count). The van der Waals surface area contributed by atoms with E-state index >= 15 is 0 Å². The first kappa shape index (κ1) is 20.4. The Kier molecular flexibility index (Phi) is 10.4. The lowest BCUT2D eigenvalue weighted by Crippen LogP contribution is -2.45. The monoisotopic (exact) mass is 444 g/mol. The van der Waals surface area contributed by atoms with Gasteiger partial charge in [0.15, 0.2) is 0 Å². The van der Waals surface area contributed by atoms with E-state index in [9.17, 15) is 0 Å². The lowest BCUT2D eigenvalue weighted by molar-refractivity contribution is 0.174. The van der Waals surface area contributed by atoms with Gasteiger partial charge in [-0.05, 0) is 30.2 Å². The molecule has 2 nitrogen and oxygen atoms in total. The molecule has 0 bridgehead atoms. The maximum Gasteiger partial charge on any atom is 0.0384 e. The molecule has 1 aliphatic heterocycles. The molecule has 1 atom stereocenters. The molecule has 0 unspecified atom stereocenters. The first-order chi connectivity index (χ1) is 8.70. The summed E-state index contributed by atoms with van der Waals surface area (Å²) in [5.74, 6) is 0. The van der Waals surface area contributed by atoms with Crippen molar-refractivity contribution in [3.8, 4) is 0 Å². The minimum Gasteiger partial charge on any atom is -0.314 e. The zero-order valence-corrected chi connectivity index (χ0v) is 16.0. The van der Waals surface area contributed by atoms with Gasteiger partial charge in [0.25, 0.3) is 0 Å². The van der Waals surface area contributed by atoms with E-state index < -0.39 is 0 Å². The van der Waals surface area contributed by atoms with Gasteiger partial charge in [-0.3, -0.25) is 4.90 Å². The van der Waals surface area contributed by atoms with Gasteiger partial charge in [0.05, 0.1) is 0 Å². The largest absolute Gasteiger partial charge is 0.314 e. The highest BCUT2D eigenvalue weighted by Gasteiger charge is 2.21. The number of hydrogen-bond acceptors (Lipinski definition) is 2. The Labute approximate surface area is 150 Å². The maximum atomic E-state index is 3.90. The fourth-order valence-electron chi connectivity index (χ4n) is 2.42. The summed E-state index contributed by atoms with van der Waals surface area (Å²) in [7, 11) is 0. The molecule has 1 N–H and O–H groups in total. The highest BCUT2D eigenvalue weighted by molar-refractivity contribution is 9.11. The van der Waals surface area contributed by atoms with Crippen LogP contribution in [0.1, 0.15) is 18.0 Å². The van der Waals surface area contributed by atoms with Crippen LogP contribution in [0.15, 0.2) is 39.8 Å². The van der Waals surface area contributed by atoms with Crippen molar-refractivity contribution in [2.45, 2.75) is 12.5 Å². The van der Waals surface area contributed by atoms with Crippen LogP contribution in [-0.4, -0.2) is 31.1 Å². The Morgan fingerprint density at radius 2 is 1.70 bits per heavy atom. The summed E-state index contributed by atoms with van der Waals surface area (Å²) in [6, 6.07) is 6.92. The van der Waals surface area contributed by atoms with Crippen molar-refractivity contribution in [2.24, 2.45) is 0 Å². The molecule has 0 aromatic heterocycles. The van der Waals surface area contributed by atoms with Crippen LogP contribution in [-0.2, 0) is 0 Å². The van der Waals surface area contributed by atoms with Crippen molar-refractivity contribution in [2.75, 3.05) is 26.2 Å². The topological polar surface area (TPSA) is 15.3 Å². The van der Waals surface area contributed by atoms with Gasteiger partial charge < -0.3 is 5.32 Å². The molecule has 114 valence electrons. The van der Waals surface area contributed by atoms with E-state index in [1.54, 1.807) is 0 Å². The van der Waals surface area contributed by atoms with Gasteiger partial charge in [0, 0.05) is 41.2 Å². The molecular formula is C14H20Br2Cl2N2. The molecule has 0 aliphatic carbocycles. The number of benzene rings is 1. The van der Waals surface area contributed by atoms with E-state index in [0.717, 1.165) is 41.5 Å². The first-order valence-electron chi connectivity index (χ1n) is 6.22. The number of hydrogen-bond donors (Lipinski definition) is 1. The minimum absolute atomic E-state index is 0. The van der Waals surface area contributed by atoms with E-state index in [2.05, 4.69) is 66.9 Å². The quantitative estimate of drug-likeness (QED) is 0.681. The molecule has 0 amide bonds. The second-order valence-electron chi connectivity index (χ2n) is 4.53. The zero-order valence-electron chi connectivity index (χ0n) is 11.1. The first-order valence-corrected chi connectivity index (χ1v) is 7.81. The molecule has 6 heteroatoms. The summed E-state index contributed by atoms with van der Waals surface area (Å²) in [6.07, 6.45) is 3.00. The zero-order chi connectivity index (χ0) is 13.0. The van der Waals surface area contributed by atoms with Crippen molar-refractivity contribution < 1.29 is 0 Å². The van der Waals surface area contributed by atoms with Crippen LogP contribution < -0.4 is 5.32 Å². The van der Waals surface area contributed by atoms with Gasteiger partial charge in [-0.25, -0.2) is 0 Å².